The molecule has 0 amide bonds. The molecule has 6 nitrogen and oxygen atoms in total. The van der Waals surface area contributed by atoms with Crippen LogP contribution < -0.4 is 5.32 Å². The van der Waals surface area contributed by atoms with E-state index in [-0.39, 0.29) is 12.1 Å². The number of aliphatic hydroxyl groups excluding tert-OH is 1. The minimum absolute atomic E-state index is 0.211. The van der Waals surface area contributed by atoms with Crippen LogP contribution in [0.5, 0.6) is 0 Å². The van der Waals surface area contributed by atoms with Gasteiger partial charge in [-0.1, -0.05) is 42.5 Å². The highest BCUT2D eigenvalue weighted by molar-refractivity contribution is 5.70. The van der Waals surface area contributed by atoms with Crippen LogP contribution in [0.1, 0.15) is 31.4 Å². The Bertz CT molecular complexity index is 843. The topological polar surface area (TPSA) is 86.7 Å². The molecule has 2 atom stereocenters. The van der Waals surface area contributed by atoms with Gasteiger partial charge < -0.3 is 10.4 Å². The standard InChI is InChI=1S/C20H23N5O/c1-13(21-12-19(26)16-9-10-16)14-5-7-15(8-6-14)17-3-2-4-18(11-17)20-22-24-25-23-20/h2-8,11,13,16,19,21,26H,9-10,12H2,1H3,(H,22,23,24,25). The molecular formula is C20H23N5O. The summed E-state index contributed by atoms with van der Waals surface area (Å²) in [6.07, 6.45) is 2.11. The van der Waals surface area contributed by atoms with Gasteiger partial charge in [0.25, 0.3) is 0 Å². The zero-order valence-corrected chi connectivity index (χ0v) is 14.8. The van der Waals surface area contributed by atoms with Crippen LogP contribution in [0, 0.1) is 5.92 Å². The molecule has 6 heteroatoms. The number of hydrogen-bond donors (Lipinski definition) is 3. The number of nitrogens with one attached hydrogen (secondary N) is 2. The Morgan fingerprint density at radius 1 is 1.12 bits per heavy atom. The number of benzene rings is 2. The first-order valence-electron chi connectivity index (χ1n) is 9.06. The molecule has 2 unspecified atom stereocenters. The van der Waals surface area contributed by atoms with E-state index in [4.69, 9.17) is 0 Å². The Kier molecular flexibility index (Phi) is 4.77. The number of H-pyrrole nitrogens is 1. The van der Waals surface area contributed by atoms with Crippen LogP contribution in [-0.2, 0) is 0 Å². The molecular weight excluding hydrogens is 326 g/mol. The van der Waals surface area contributed by atoms with Crippen molar-refractivity contribution in [1.82, 2.24) is 25.9 Å². The van der Waals surface area contributed by atoms with E-state index in [1.54, 1.807) is 0 Å². The van der Waals surface area contributed by atoms with Gasteiger partial charge in [-0.3, -0.25) is 0 Å². The van der Waals surface area contributed by atoms with Gasteiger partial charge >= 0.3 is 0 Å². The lowest BCUT2D eigenvalue weighted by molar-refractivity contribution is 0.145. The van der Waals surface area contributed by atoms with Crippen LogP contribution in [0.3, 0.4) is 0 Å². The summed E-state index contributed by atoms with van der Waals surface area (Å²) in [6, 6.07) is 16.8. The van der Waals surface area contributed by atoms with E-state index >= 15 is 0 Å². The lowest BCUT2D eigenvalue weighted by Gasteiger charge is -2.17. The summed E-state index contributed by atoms with van der Waals surface area (Å²) in [6.45, 7) is 2.78. The maximum absolute atomic E-state index is 10.0. The number of hydrogen-bond acceptors (Lipinski definition) is 5. The highest BCUT2D eigenvalue weighted by Gasteiger charge is 2.29. The van der Waals surface area contributed by atoms with Crippen molar-refractivity contribution in [3.05, 3.63) is 54.1 Å². The summed E-state index contributed by atoms with van der Waals surface area (Å²) >= 11 is 0. The van der Waals surface area contributed by atoms with Crippen molar-refractivity contribution < 1.29 is 5.11 Å². The van der Waals surface area contributed by atoms with Gasteiger partial charge in [-0.05, 0) is 53.7 Å². The SMILES string of the molecule is CC(NCC(O)C1CC1)c1ccc(-c2cccc(-c3nn[nH]n3)c2)cc1. The Balaban J connectivity index is 1.44. The Labute approximate surface area is 152 Å². The summed E-state index contributed by atoms with van der Waals surface area (Å²) in [7, 11) is 0. The summed E-state index contributed by atoms with van der Waals surface area (Å²) in [5.41, 5.74) is 4.41. The van der Waals surface area contributed by atoms with Gasteiger partial charge in [0.15, 0.2) is 0 Å². The third-order valence-electron chi connectivity index (χ3n) is 5.01. The molecule has 1 aromatic heterocycles. The van der Waals surface area contributed by atoms with E-state index in [2.05, 4.69) is 69.3 Å². The average Bonchev–Trinajstić information content (AvgIpc) is 3.40. The second-order valence-electron chi connectivity index (χ2n) is 6.97. The van der Waals surface area contributed by atoms with Gasteiger partial charge in [0, 0.05) is 18.2 Å². The van der Waals surface area contributed by atoms with Crippen LogP contribution in [0.15, 0.2) is 48.5 Å². The molecule has 1 saturated carbocycles. The van der Waals surface area contributed by atoms with Gasteiger partial charge in [-0.15, -0.1) is 10.2 Å². The zero-order valence-electron chi connectivity index (χ0n) is 14.8. The minimum Gasteiger partial charge on any atom is -0.392 e. The molecule has 0 spiro atoms. The number of aliphatic hydroxyl groups is 1. The summed E-state index contributed by atoms with van der Waals surface area (Å²) < 4.78 is 0. The fraction of sp³-hybridized carbons (Fsp3) is 0.350. The van der Waals surface area contributed by atoms with Crippen LogP contribution in [0.4, 0.5) is 0 Å². The number of aromatic amines is 1. The second kappa shape index (κ2) is 7.35. The molecule has 2 aromatic carbocycles. The van der Waals surface area contributed by atoms with E-state index in [9.17, 15) is 5.11 Å². The Morgan fingerprint density at radius 2 is 1.88 bits per heavy atom. The first kappa shape index (κ1) is 16.9. The zero-order chi connectivity index (χ0) is 17.9. The number of rotatable bonds is 7. The molecule has 4 rings (SSSR count). The highest BCUT2D eigenvalue weighted by atomic mass is 16.3. The number of nitrogens with zero attached hydrogens (tertiary/aromatic N) is 3. The van der Waals surface area contributed by atoms with E-state index in [0.717, 1.165) is 29.5 Å². The molecule has 26 heavy (non-hydrogen) atoms. The molecule has 1 aliphatic rings. The third-order valence-corrected chi connectivity index (χ3v) is 5.01. The molecule has 3 N–H and O–H groups in total. The van der Waals surface area contributed by atoms with E-state index < -0.39 is 0 Å². The van der Waals surface area contributed by atoms with Crippen molar-refractivity contribution in [2.45, 2.75) is 31.9 Å². The van der Waals surface area contributed by atoms with E-state index in [1.165, 1.54) is 5.56 Å². The lowest BCUT2D eigenvalue weighted by atomic mass is 9.99. The summed E-state index contributed by atoms with van der Waals surface area (Å²) in [5.74, 6) is 1.10. The maximum atomic E-state index is 10.0. The summed E-state index contributed by atoms with van der Waals surface area (Å²) in [5, 5.41) is 27.6. The molecule has 1 aliphatic carbocycles. The molecule has 0 aliphatic heterocycles. The molecule has 134 valence electrons. The van der Waals surface area contributed by atoms with Crippen molar-refractivity contribution in [2.24, 2.45) is 5.92 Å². The van der Waals surface area contributed by atoms with E-state index in [0.29, 0.717) is 18.3 Å². The maximum Gasteiger partial charge on any atom is 0.204 e. The monoisotopic (exact) mass is 349 g/mol. The van der Waals surface area contributed by atoms with Gasteiger partial charge in [-0.2, -0.15) is 5.21 Å². The van der Waals surface area contributed by atoms with Crippen LogP contribution >= 0.6 is 0 Å². The van der Waals surface area contributed by atoms with Gasteiger partial charge in [-0.25, -0.2) is 0 Å². The fourth-order valence-corrected chi connectivity index (χ4v) is 3.15. The van der Waals surface area contributed by atoms with E-state index in [1.807, 2.05) is 12.1 Å². The summed E-state index contributed by atoms with van der Waals surface area (Å²) in [4.78, 5) is 0. The van der Waals surface area contributed by atoms with Crippen LogP contribution in [-0.4, -0.2) is 38.4 Å². The highest BCUT2D eigenvalue weighted by Crippen LogP contribution is 2.32. The van der Waals surface area contributed by atoms with Gasteiger partial charge in [0.05, 0.1) is 6.10 Å². The Hall–Kier alpha value is -2.57. The predicted molar refractivity (Wildman–Crippen MR) is 100 cm³/mol. The van der Waals surface area contributed by atoms with Crippen LogP contribution in [0.2, 0.25) is 0 Å². The van der Waals surface area contributed by atoms with Crippen molar-refractivity contribution in [3.8, 4) is 22.5 Å². The smallest absolute Gasteiger partial charge is 0.204 e. The van der Waals surface area contributed by atoms with Crippen molar-refractivity contribution in [3.63, 3.8) is 0 Å². The molecule has 1 fully saturated rings. The third kappa shape index (κ3) is 3.81. The molecule has 0 radical (unpaired) electrons. The average molecular weight is 349 g/mol. The minimum atomic E-state index is -0.218. The lowest BCUT2D eigenvalue weighted by Crippen LogP contribution is -2.30. The number of tetrazole rings is 1. The van der Waals surface area contributed by atoms with Crippen molar-refractivity contribution in [2.75, 3.05) is 6.54 Å². The largest absolute Gasteiger partial charge is 0.392 e. The van der Waals surface area contributed by atoms with Gasteiger partial charge in [0.2, 0.25) is 5.82 Å². The first-order chi connectivity index (χ1) is 12.7. The number of aromatic nitrogens is 4. The van der Waals surface area contributed by atoms with Crippen molar-refractivity contribution in [1.29, 1.82) is 0 Å². The second-order valence-corrected chi connectivity index (χ2v) is 6.97. The quantitative estimate of drug-likeness (QED) is 0.610. The van der Waals surface area contributed by atoms with Crippen LogP contribution in [0.25, 0.3) is 22.5 Å². The molecule has 0 saturated heterocycles. The first-order valence-corrected chi connectivity index (χ1v) is 9.06. The molecule has 3 aromatic rings. The molecule has 1 heterocycles. The molecule has 0 bridgehead atoms. The van der Waals surface area contributed by atoms with Gasteiger partial charge in [0.1, 0.15) is 0 Å². The predicted octanol–water partition coefficient (Wildman–Crippen LogP) is 2.96. The normalized spacial score (nSPS) is 16.4. The fourth-order valence-electron chi connectivity index (χ4n) is 3.15. The Morgan fingerprint density at radius 3 is 2.58 bits per heavy atom. The van der Waals surface area contributed by atoms with Crippen molar-refractivity contribution >= 4 is 0 Å².